The summed E-state index contributed by atoms with van der Waals surface area (Å²) in [7, 11) is 1.70. The first-order chi connectivity index (χ1) is 4.06. The van der Waals surface area contributed by atoms with Crippen LogP contribution in [-0.4, -0.2) is 18.8 Å². The summed E-state index contributed by atoms with van der Waals surface area (Å²) in [6, 6.07) is 0.104. The summed E-state index contributed by atoms with van der Waals surface area (Å²) < 4.78 is 5.22. The summed E-state index contributed by atoms with van der Waals surface area (Å²) >= 11 is 0. The Morgan fingerprint density at radius 2 is 2.11 bits per heavy atom. The molecule has 2 atom stereocenters. The van der Waals surface area contributed by atoms with Gasteiger partial charge >= 0.3 is 0 Å². The van der Waals surface area contributed by atoms with Gasteiger partial charge in [-0.25, -0.2) is 0 Å². The Balaban J connectivity index is 3.92. The summed E-state index contributed by atoms with van der Waals surface area (Å²) in [4.78, 5) is 0. The molecule has 0 aromatic carbocycles. The smallest absolute Gasteiger partial charge is 0.0795 e. The first-order valence-electron chi connectivity index (χ1n) is 3.37. The number of ether oxygens (including phenoxy) is 1. The van der Waals surface area contributed by atoms with Crippen molar-refractivity contribution in [3.63, 3.8) is 0 Å². The highest BCUT2D eigenvalue weighted by atomic mass is 16.5. The fourth-order valence-corrected chi connectivity index (χ4v) is 0.652. The van der Waals surface area contributed by atoms with Crippen molar-refractivity contribution < 1.29 is 4.74 Å². The van der Waals surface area contributed by atoms with E-state index < -0.39 is 0 Å². The highest BCUT2D eigenvalue weighted by Crippen LogP contribution is 2.16. The van der Waals surface area contributed by atoms with Crippen molar-refractivity contribution in [2.75, 3.05) is 7.11 Å². The van der Waals surface area contributed by atoms with Crippen molar-refractivity contribution in [2.24, 2.45) is 5.73 Å². The standard InChI is InChI=1S/C7H17NO/c1-5-7(3,9-4)6(2)8/h6H,5,8H2,1-4H3/t6-,7?/m0/s1. The summed E-state index contributed by atoms with van der Waals surface area (Å²) in [6.07, 6.45) is 0.959. The summed E-state index contributed by atoms with van der Waals surface area (Å²) in [5.74, 6) is 0. The minimum Gasteiger partial charge on any atom is -0.377 e. The average Bonchev–Trinajstić information content (AvgIpc) is 1.86. The van der Waals surface area contributed by atoms with Crippen molar-refractivity contribution in [3.05, 3.63) is 0 Å². The molecule has 2 N–H and O–H groups in total. The maximum absolute atomic E-state index is 5.67. The van der Waals surface area contributed by atoms with Gasteiger partial charge in [0.25, 0.3) is 0 Å². The van der Waals surface area contributed by atoms with Gasteiger partial charge in [-0.3, -0.25) is 0 Å². The van der Waals surface area contributed by atoms with Gasteiger partial charge in [0.15, 0.2) is 0 Å². The second-order valence-corrected chi connectivity index (χ2v) is 2.66. The SMILES string of the molecule is CCC(C)(OC)[C@H](C)N. The third kappa shape index (κ3) is 1.95. The summed E-state index contributed by atoms with van der Waals surface area (Å²) in [5.41, 5.74) is 5.53. The van der Waals surface area contributed by atoms with E-state index in [1.165, 1.54) is 0 Å². The van der Waals surface area contributed by atoms with Crippen LogP contribution in [0, 0.1) is 0 Å². The lowest BCUT2D eigenvalue weighted by molar-refractivity contribution is -0.0140. The van der Waals surface area contributed by atoms with Crippen LogP contribution in [0.4, 0.5) is 0 Å². The lowest BCUT2D eigenvalue weighted by Crippen LogP contribution is -2.44. The van der Waals surface area contributed by atoms with E-state index in [0.717, 1.165) is 6.42 Å². The van der Waals surface area contributed by atoms with E-state index in [0.29, 0.717) is 0 Å². The van der Waals surface area contributed by atoms with Crippen molar-refractivity contribution in [2.45, 2.75) is 38.8 Å². The number of hydrogen-bond donors (Lipinski definition) is 1. The molecule has 0 aliphatic heterocycles. The molecule has 2 heteroatoms. The van der Waals surface area contributed by atoms with Gasteiger partial charge in [0.1, 0.15) is 0 Å². The van der Waals surface area contributed by atoms with Crippen LogP contribution in [-0.2, 0) is 4.74 Å². The van der Waals surface area contributed by atoms with E-state index in [4.69, 9.17) is 10.5 Å². The molecule has 0 radical (unpaired) electrons. The quantitative estimate of drug-likeness (QED) is 0.623. The predicted octanol–water partition coefficient (Wildman–Crippen LogP) is 1.15. The van der Waals surface area contributed by atoms with E-state index in [9.17, 15) is 0 Å². The Labute approximate surface area is 57.4 Å². The molecule has 0 bridgehead atoms. The monoisotopic (exact) mass is 131 g/mol. The predicted molar refractivity (Wildman–Crippen MR) is 39.4 cm³/mol. The second-order valence-electron chi connectivity index (χ2n) is 2.66. The van der Waals surface area contributed by atoms with Gasteiger partial charge in [0.05, 0.1) is 5.60 Å². The van der Waals surface area contributed by atoms with E-state index >= 15 is 0 Å². The molecule has 0 aromatic rings. The van der Waals surface area contributed by atoms with Crippen LogP contribution in [0.5, 0.6) is 0 Å². The molecular formula is C7H17NO. The molecule has 0 aromatic heterocycles. The first-order valence-corrected chi connectivity index (χ1v) is 3.37. The zero-order chi connectivity index (χ0) is 7.49. The maximum atomic E-state index is 5.67. The van der Waals surface area contributed by atoms with Crippen molar-refractivity contribution in [3.8, 4) is 0 Å². The minimum atomic E-state index is -0.139. The molecule has 0 rings (SSSR count). The Kier molecular flexibility index (Phi) is 3.15. The third-order valence-electron chi connectivity index (χ3n) is 2.13. The Morgan fingerprint density at radius 3 is 2.11 bits per heavy atom. The average molecular weight is 131 g/mol. The van der Waals surface area contributed by atoms with Crippen LogP contribution in [0.3, 0.4) is 0 Å². The Morgan fingerprint density at radius 1 is 1.67 bits per heavy atom. The van der Waals surface area contributed by atoms with Crippen molar-refractivity contribution in [1.29, 1.82) is 0 Å². The molecule has 0 aliphatic rings. The molecule has 0 saturated carbocycles. The van der Waals surface area contributed by atoms with Crippen LogP contribution in [0.25, 0.3) is 0 Å². The van der Waals surface area contributed by atoms with E-state index in [2.05, 4.69) is 6.92 Å². The fourth-order valence-electron chi connectivity index (χ4n) is 0.652. The molecule has 1 unspecified atom stereocenters. The number of hydrogen-bond acceptors (Lipinski definition) is 2. The van der Waals surface area contributed by atoms with E-state index in [-0.39, 0.29) is 11.6 Å². The number of methoxy groups -OCH3 is 1. The zero-order valence-corrected chi connectivity index (χ0v) is 6.77. The first kappa shape index (κ1) is 8.92. The molecule has 0 aliphatic carbocycles. The van der Waals surface area contributed by atoms with Crippen LogP contribution in [0.1, 0.15) is 27.2 Å². The highest BCUT2D eigenvalue weighted by Gasteiger charge is 2.25. The summed E-state index contributed by atoms with van der Waals surface area (Å²) in [6.45, 7) is 6.07. The van der Waals surface area contributed by atoms with Crippen LogP contribution >= 0.6 is 0 Å². The lowest BCUT2D eigenvalue weighted by Gasteiger charge is -2.30. The van der Waals surface area contributed by atoms with Gasteiger partial charge < -0.3 is 10.5 Å². The van der Waals surface area contributed by atoms with Crippen molar-refractivity contribution >= 4 is 0 Å². The van der Waals surface area contributed by atoms with Gasteiger partial charge in [-0.15, -0.1) is 0 Å². The van der Waals surface area contributed by atoms with Crippen LogP contribution in [0.15, 0.2) is 0 Å². The largest absolute Gasteiger partial charge is 0.377 e. The third-order valence-corrected chi connectivity index (χ3v) is 2.13. The second kappa shape index (κ2) is 3.18. The molecule has 9 heavy (non-hydrogen) atoms. The molecule has 56 valence electrons. The zero-order valence-electron chi connectivity index (χ0n) is 6.77. The van der Waals surface area contributed by atoms with Crippen LogP contribution in [0.2, 0.25) is 0 Å². The molecule has 0 heterocycles. The summed E-state index contributed by atoms with van der Waals surface area (Å²) in [5, 5.41) is 0. The topological polar surface area (TPSA) is 35.2 Å². The van der Waals surface area contributed by atoms with E-state index in [1.54, 1.807) is 7.11 Å². The van der Waals surface area contributed by atoms with Gasteiger partial charge in [0.2, 0.25) is 0 Å². The van der Waals surface area contributed by atoms with Crippen molar-refractivity contribution in [1.82, 2.24) is 0 Å². The molecular weight excluding hydrogens is 114 g/mol. The lowest BCUT2D eigenvalue weighted by atomic mass is 9.95. The van der Waals surface area contributed by atoms with Crippen LogP contribution < -0.4 is 5.73 Å². The molecule has 0 amide bonds. The Hall–Kier alpha value is -0.0800. The molecule has 0 spiro atoms. The van der Waals surface area contributed by atoms with Gasteiger partial charge in [-0.05, 0) is 20.3 Å². The normalized spacial score (nSPS) is 21.0. The fraction of sp³-hybridized carbons (Fsp3) is 1.00. The Bertz CT molecular complexity index is 77.0. The minimum absolute atomic E-state index is 0.104. The van der Waals surface area contributed by atoms with Gasteiger partial charge in [-0.1, -0.05) is 6.92 Å². The number of nitrogens with two attached hydrogens (primary N) is 1. The molecule has 0 saturated heterocycles. The molecule has 0 fully saturated rings. The van der Waals surface area contributed by atoms with E-state index in [1.807, 2.05) is 13.8 Å². The highest BCUT2D eigenvalue weighted by molar-refractivity contribution is 4.81. The number of rotatable bonds is 3. The maximum Gasteiger partial charge on any atom is 0.0795 e. The molecule has 2 nitrogen and oxygen atoms in total. The van der Waals surface area contributed by atoms with Gasteiger partial charge in [-0.2, -0.15) is 0 Å². The van der Waals surface area contributed by atoms with Gasteiger partial charge in [0, 0.05) is 13.2 Å².